The van der Waals surface area contributed by atoms with Gasteiger partial charge >= 0.3 is 0 Å². The Hall–Kier alpha value is -1.10. The van der Waals surface area contributed by atoms with Crippen LogP contribution in [-0.4, -0.2) is 31.6 Å². The van der Waals surface area contributed by atoms with Crippen molar-refractivity contribution in [2.45, 2.75) is 24.9 Å². The lowest BCUT2D eigenvalue weighted by Crippen LogP contribution is -2.30. The molecule has 5 heteroatoms. The molecular weight excluding hydrogens is 256 g/mol. The van der Waals surface area contributed by atoms with Gasteiger partial charge in [0.1, 0.15) is 6.79 Å². The molecule has 0 radical (unpaired) electrons. The highest BCUT2D eigenvalue weighted by Gasteiger charge is 2.30. The molecule has 1 aromatic rings. The maximum atomic E-state index is 8.36. The summed E-state index contributed by atoms with van der Waals surface area (Å²) in [7, 11) is 1.65. The molecule has 1 N–H and O–H groups in total. The Morgan fingerprint density at radius 3 is 2.44 bits per heavy atom. The van der Waals surface area contributed by atoms with Gasteiger partial charge in [0.2, 0.25) is 0 Å². The van der Waals surface area contributed by atoms with E-state index in [-0.39, 0.29) is 6.47 Å². The van der Waals surface area contributed by atoms with Crippen molar-refractivity contribution in [1.82, 2.24) is 0 Å². The van der Waals surface area contributed by atoms with Crippen molar-refractivity contribution < 1.29 is 19.4 Å². The first kappa shape index (κ1) is 15.0. The Morgan fingerprint density at radius 2 is 1.94 bits per heavy atom. The van der Waals surface area contributed by atoms with Crippen molar-refractivity contribution in [2.24, 2.45) is 0 Å². The Kier molecular flexibility index (Phi) is 6.72. The van der Waals surface area contributed by atoms with Crippen molar-refractivity contribution in [1.29, 1.82) is 0 Å². The minimum atomic E-state index is -0.250. The van der Waals surface area contributed by atoms with Crippen LogP contribution in [0.4, 0.5) is 0 Å². The summed E-state index contributed by atoms with van der Waals surface area (Å²) < 4.78 is 10.3. The summed E-state index contributed by atoms with van der Waals surface area (Å²) in [6.07, 6.45) is 2.54. The first-order chi connectivity index (χ1) is 8.71. The Labute approximate surface area is 111 Å². The normalized spacial score (nSPS) is 21.4. The zero-order valence-corrected chi connectivity index (χ0v) is 11.0. The van der Waals surface area contributed by atoms with Crippen molar-refractivity contribution in [3.8, 4) is 0 Å². The zero-order valence-electron chi connectivity index (χ0n) is 10.2. The summed E-state index contributed by atoms with van der Waals surface area (Å²) in [4.78, 5) is 8.36. The second kappa shape index (κ2) is 8.08. The van der Waals surface area contributed by atoms with Gasteiger partial charge in [0.05, 0.1) is 6.10 Å². The van der Waals surface area contributed by atoms with Gasteiger partial charge in [-0.2, -0.15) is 0 Å². The number of rotatable bonds is 4. The number of hydrogen-bond acceptors (Lipinski definition) is 3. The minimum absolute atomic E-state index is 0.250. The van der Waals surface area contributed by atoms with Gasteiger partial charge in [-0.3, -0.25) is 4.79 Å². The van der Waals surface area contributed by atoms with Crippen LogP contribution in [0.1, 0.15) is 24.3 Å². The first-order valence-electron chi connectivity index (χ1n) is 5.65. The van der Waals surface area contributed by atoms with E-state index in [9.17, 15) is 0 Å². The summed E-state index contributed by atoms with van der Waals surface area (Å²) in [6, 6.07) is 8.08. The number of hydrogen-bond donors (Lipinski definition) is 1. The van der Waals surface area contributed by atoms with Crippen LogP contribution in [0.5, 0.6) is 0 Å². The van der Waals surface area contributed by atoms with Crippen LogP contribution in [0.2, 0.25) is 5.02 Å². The molecule has 0 unspecified atom stereocenters. The lowest BCUT2D eigenvalue weighted by atomic mass is 9.77. The molecule has 0 amide bonds. The van der Waals surface area contributed by atoms with Gasteiger partial charge < -0.3 is 14.6 Å². The molecule has 1 saturated carbocycles. The molecule has 0 heterocycles. The SMILES string of the molecule is COCOC1CC(c2ccc(Cl)cc2)C1.O=CO. The van der Waals surface area contributed by atoms with Crippen LogP contribution in [-0.2, 0) is 14.3 Å². The van der Waals surface area contributed by atoms with Crippen LogP contribution < -0.4 is 0 Å². The third-order valence-electron chi connectivity index (χ3n) is 2.86. The van der Waals surface area contributed by atoms with Crippen molar-refractivity contribution in [3.05, 3.63) is 34.9 Å². The average molecular weight is 273 g/mol. The van der Waals surface area contributed by atoms with Crippen LogP contribution in [0.3, 0.4) is 0 Å². The van der Waals surface area contributed by atoms with Gasteiger partial charge in [-0.15, -0.1) is 0 Å². The molecule has 0 bridgehead atoms. The van der Waals surface area contributed by atoms with Gasteiger partial charge in [-0.25, -0.2) is 0 Å². The van der Waals surface area contributed by atoms with E-state index in [0.29, 0.717) is 18.8 Å². The number of benzene rings is 1. The number of carbonyl (C=O) groups is 1. The molecule has 1 aliphatic rings. The second-order valence-electron chi connectivity index (χ2n) is 4.02. The zero-order chi connectivity index (χ0) is 13.4. The Morgan fingerprint density at radius 1 is 1.39 bits per heavy atom. The van der Waals surface area contributed by atoms with Crippen molar-refractivity contribution >= 4 is 18.1 Å². The maximum absolute atomic E-state index is 8.36. The molecule has 0 spiro atoms. The lowest BCUT2D eigenvalue weighted by Gasteiger charge is -2.35. The molecule has 1 aromatic carbocycles. The molecule has 0 atom stereocenters. The second-order valence-corrected chi connectivity index (χ2v) is 4.46. The molecule has 1 aliphatic carbocycles. The van der Waals surface area contributed by atoms with E-state index in [4.69, 9.17) is 31.0 Å². The molecule has 0 saturated heterocycles. The highest BCUT2D eigenvalue weighted by atomic mass is 35.5. The fraction of sp³-hybridized carbons (Fsp3) is 0.462. The predicted octanol–water partition coefficient (Wildman–Crippen LogP) is 2.91. The predicted molar refractivity (Wildman–Crippen MR) is 68.9 cm³/mol. The number of carboxylic acid groups (broad SMARTS) is 1. The van der Waals surface area contributed by atoms with E-state index >= 15 is 0 Å². The molecule has 4 nitrogen and oxygen atoms in total. The first-order valence-corrected chi connectivity index (χ1v) is 6.03. The molecule has 100 valence electrons. The van der Waals surface area contributed by atoms with Gasteiger partial charge in [0.25, 0.3) is 6.47 Å². The van der Waals surface area contributed by atoms with Gasteiger partial charge in [-0.1, -0.05) is 23.7 Å². The van der Waals surface area contributed by atoms with Crippen LogP contribution in [0.25, 0.3) is 0 Å². The molecule has 2 rings (SSSR count). The Bertz CT molecular complexity index is 347. The molecule has 18 heavy (non-hydrogen) atoms. The largest absolute Gasteiger partial charge is 0.483 e. The lowest BCUT2D eigenvalue weighted by molar-refractivity contribution is -0.122. The average Bonchev–Trinajstić information content (AvgIpc) is 2.30. The van der Waals surface area contributed by atoms with Gasteiger partial charge in [-0.05, 0) is 36.5 Å². The number of methoxy groups -OCH3 is 1. The number of ether oxygens (including phenoxy) is 2. The summed E-state index contributed by atoms with van der Waals surface area (Å²) in [6.45, 7) is 0.151. The van der Waals surface area contributed by atoms with Gasteiger partial charge in [0.15, 0.2) is 0 Å². The van der Waals surface area contributed by atoms with Gasteiger partial charge in [0, 0.05) is 12.1 Å². The summed E-state index contributed by atoms with van der Waals surface area (Å²) >= 11 is 5.83. The van der Waals surface area contributed by atoms with E-state index < -0.39 is 0 Å². The van der Waals surface area contributed by atoms with E-state index in [2.05, 4.69) is 12.1 Å². The van der Waals surface area contributed by atoms with E-state index in [1.807, 2.05) is 12.1 Å². The summed E-state index contributed by atoms with van der Waals surface area (Å²) in [5.41, 5.74) is 1.36. The molecule has 0 aliphatic heterocycles. The van der Waals surface area contributed by atoms with Crippen molar-refractivity contribution in [2.75, 3.05) is 13.9 Å². The maximum Gasteiger partial charge on any atom is 0.290 e. The summed E-state index contributed by atoms with van der Waals surface area (Å²) in [5, 5.41) is 7.69. The van der Waals surface area contributed by atoms with E-state index in [0.717, 1.165) is 17.9 Å². The van der Waals surface area contributed by atoms with Crippen LogP contribution in [0.15, 0.2) is 24.3 Å². The minimum Gasteiger partial charge on any atom is -0.483 e. The topological polar surface area (TPSA) is 55.8 Å². The molecule has 1 fully saturated rings. The van der Waals surface area contributed by atoms with E-state index in [1.165, 1.54) is 5.56 Å². The van der Waals surface area contributed by atoms with Crippen LogP contribution in [0, 0.1) is 0 Å². The fourth-order valence-electron chi connectivity index (χ4n) is 1.87. The van der Waals surface area contributed by atoms with Crippen molar-refractivity contribution in [3.63, 3.8) is 0 Å². The van der Waals surface area contributed by atoms with E-state index in [1.54, 1.807) is 7.11 Å². The summed E-state index contributed by atoms with van der Waals surface area (Å²) in [5.74, 6) is 0.629. The smallest absolute Gasteiger partial charge is 0.290 e. The molecular formula is C13H17ClO4. The third kappa shape index (κ3) is 4.64. The van der Waals surface area contributed by atoms with Crippen LogP contribution >= 0.6 is 11.6 Å². The fourth-order valence-corrected chi connectivity index (χ4v) is 2.00. The quantitative estimate of drug-likeness (QED) is 0.676. The monoisotopic (exact) mass is 272 g/mol. The standard InChI is InChI=1S/C12H15ClO2.CH2O2/c1-14-8-15-12-6-10(7-12)9-2-4-11(13)5-3-9;2-1-3/h2-5,10,12H,6-8H2,1H3;1H,(H,2,3). The number of halogens is 1. The third-order valence-corrected chi connectivity index (χ3v) is 3.11. The highest BCUT2D eigenvalue weighted by molar-refractivity contribution is 6.30. The molecule has 0 aromatic heterocycles. The highest BCUT2D eigenvalue weighted by Crippen LogP contribution is 2.38. The Balaban J connectivity index is 0.000000492.